The third-order valence-electron chi connectivity index (χ3n) is 6.42. The van der Waals surface area contributed by atoms with Crippen molar-refractivity contribution in [3.8, 4) is 23.3 Å². The molecule has 42 heavy (non-hydrogen) atoms. The first-order valence-electron chi connectivity index (χ1n) is 12.2. The molecular weight excluding hydrogens is 555 g/mol. The quantitative estimate of drug-likeness (QED) is 0.366. The van der Waals surface area contributed by atoms with E-state index in [1.54, 1.807) is 42.5 Å². The molecule has 3 aromatic carbocycles. The Labute approximate surface area is 238 Å². The molecule has 1 unspecified atom stereocenters. The van der Waals surface area contributed by atoms with Crippen LogP contribution in [0.25, 0.3) is 0 Å². The van der Waals surface area contributed by atoms with Gasteiger partial charge in [0, 0.05) is 0 Å². The molecule has 12 heteroatoms. The van der Waals surface area contributed by atoms with Crippen molar-refractivity contribution in [1.29, 1.82) is 5.26 Å². The minimum Gasteiger partial charge on any atom is -0.497 e. The van der Waals surface area contributed by atoms with Gasteiger partial charge in [-0.2, -0.15) is 18.4 Å². The van der Waals surface area contributed by atoms with Crippen molar-refractivity contribution in [1.82, 2.24) is 0 Å². The highest BCUT2D eigenvalue weighted by molar-refractivity contribution is 6.06. The summed E-state index contributed by atoms with van der Waals surface area (Å²) in [5.41, 5.74) is 4.24. The molecule has 1 heterocycles. The Bertz CT molecular complexity index is 1610. The predicted octanol–water partition coefficient (Wildman–Crippen LogP) is 5.40. The number of esters is 2. The van der Waals surface area contributed by atoms with Gasteiger partial charge in [-0.3, -0.25) is 4.90 Å². The first kappa shape index (κ1) is 29.5. The lowest BCUT2D eigenvalue weighted by molar-refractivity contribution is -0.139. The minimum atomic E-state index is -4.81. The molecule has 3 aromatic rings. The molecule has 4 rings (SSSR count). The van der Waals surface area contributed by atoms with E-state index in [4.69, 9.17) is 24.7 Å². The first-order valence-corrected chi connectivity index (χ1v) is 12.2. The maximum atomic E-state index is 13.9. The lowest BCUT2D eigenvalue weighted by Gasteiger charge is -2.36. The fourth-order valence-corrected chi connectivity index (χ4v) is 4.49. The molecule has 9 nitrogen and oxygen atoms in total. The minimum absolute atomic E-state index is 0.183. The number of carbonyl (C=O) groups excluding carboxylic acids is 2. The molecule has 0 saturated carbocycles. The number of methoxy groups -OCH3 is 3. The Morgan fingerprint density at radius 2 is 1.52 bits per heavy atom. The number of nitriles is 1. The molecule has 0 spiro atoms. The van der Waals surface area contributed by atoms with Crippen LogP contribution in [-0.2, 0) is 25.2 Å². The number of alkyl halides is 3. The second kappa shape index (κ2) is 12.0. The van der Waals surface area contributed by atoms with Crippen molar-refractivity contribution in [3.05, 3.63) is 107 Å². The summed E-state index contributed by atoms with van der Waals surface area (Å²) in [5, 5.41) is 10.2. The highest BCUT2D eigenvalue weighted by atomic mass is 19.4. The van der Waals surface area contributed by atoms with Gasteiger partial charge in [-0.15, -0.1) is 0 Å². The molecular formula is C30H24F3N3O6. The van der Waals surface area contributed by atoms with Crippen molar-refractivity contribution < 1.29 is 41.7 Å². The number of nitrogens with two attached hydrogens (primary N) is 1. The first-order chi connectivity index (χ1) is 20.0. The molecule has 0 aromatic heterocycles. The summed E-state index contributed by atoms with van der Waals surface area (Å²) < 4.78 is 62.8. The fourth-order valence-electron chi connectivity index (χ4n) is 4.49. The zero-order chi connectivity index (χ0) is 30.6. The number of halogens is 3. The van der Waals surface area contributed by atoms with Crippen LogP contribution in [0.5, 0.6) is 17.2 Å². The Morgan fingerprint density at radius 3 is 2.07 bits per heavy atom. The number of nitrogens with zero attached hydrogens (tertiary/aromatic N) is 2. The van der Waals surface area contributed by atoms with E-state index in [-0.39, 0.29) is 28.3 Å². The number of hydrogen-bond acceptors (Lipinski definition) is 9. The summed E-state index contributed by atoms with van der Waals surface area (Å²) in [7, 11) is 3.55. The van der Waals surface area contributed by atoms with Gasteiger partial charge in [-0.05, 0) is 48.0 Å². The van der Waals surface area contributed by atoms with Crippen LogP contribution in [0.2, 0.25) is 0 Å². The zero-order valence-corrected chi connectivity index (χ0v) is 22.6. The van der Waals surface area contributed by atoms with Gasteiger partial charge in [0.05, 0.1) is 55.7 Å². The molecule has 0 aliphatic carbocycles. The van der Waals surface area contributed by atoms with E-state index >= 15 is 0 Å². The lowest BCUT2D eigenvalue weighted by atomic mass is 9.81. The SMILES string of the molecule is COC(=O)C1=C(C(=O)OC)N(c2cc(C(F)(F)F)ccc2Oc2ccc(OC)cc2)C(N)=C(C#N)C1c1ccccc1. The third-order valence-corrected chi connectivity index (χ3v) is 6.42. The monoisotopic (exact) mass is 579 g/mol. The van der Waals surface area contributed by atoms with E-state index in [2.05, 4.69) is 0 Å². The van der Waals surface area contributed by atoms with E-state index in [0.717, 1.165) is 31.3 Å². The van der Waals surface area contributed by atoms with E-state index in [1.807, 2.05) is 6.07 Å². The summed E-state index contributed by atoms with van der Waals surface area (Å²) in [5.74, 6) is -3.25. The molecule has 0 amide bonds. The molecule has 1 aliphatic heterocycles. The molecule has 2 N–H and O–H groups in total. The Hall–Kier alpha value is -5.44. The van der Waals surface area contributed by atoms with Crippen LogP contribution in [0.15, 0.2) is 95.5 Å². The maximum absolute atomic E-state index is 13.9. The summed E-state index contributed by atoms with van der Waals surface area (Å²) >= 11 is 0. The number of benzene rings is 3. The van der Waals surface area contributed by atoms with Crippen LogP contribution < -0.4 is 20.1 Å². The Morgan fingerprint density at radius 1 is 0.905 bits per heavy atom. The van der Waals surface area contributed by atoms with E-state index in [1.165, 1.54) is 19.2 Å². The van der Waals surface area contributed by atoms with Gasteiger partial charge in [0.2, 0.25) is 0 Å². The van der Waals surface area contributed by atoms with Gasteiger partial charge in [-0.25, -0.2) is 9.59 Å². The van der Waals surface area contributed by atoms with Crippen LogP contribution in [-0.4, -0.2) is 33.3 Å². The molecule has 0 bridgehead atoms. The van der Waals surface area contributed by atoms with E-state index < -0.39 is 41.1 Å². The number of carbonyl (C=O) groups is 2. The van der Waals surface area contributed by atoms with Crippen LogP contribution in [0.3, 0.4) is 0 Å². The molecule has 0 fully saturated rings. The molecule has 1 aliphatic rings. The predicted molar refractivity (Wildman–Crippen MR) is 144 cm³/mol. The van der Waals surface area contributed by atoms with Gasteiger partial charge in [0.25, 0.3) is 0 Å². The fraction of sp³-hybridized carbons (Fsp3) is 0.167. The second-order valence-corrected chi connectivity index (χ2v) is 8.79. The number of rotatable bonds is 7. The van der Waals surface area contributed by atoms with Gasteiger partial charge < -0.3 is 24.7 Å². The van der Waals surface area contributed by atoms with Gasteiger partial charge >= 0.3 is 18.1 Å². The number of anilines is 1. The summed E-state index contributed by atoms with van der Waals surface area (Å²) in [6.45, 7) is 0. The normalized spacial score (nSPS) is 15.2. The van der Waals surface area contributed by atoms with Crippen molar-refractivity contribution in [2.45, 2.75) is 12.1 Å². The average molecular weight is 580 g/mol. The Balaban J connectivity index is 2.06. The van der Waals surface area contributed by atoms with Crippen molar-refractivity contribution in [2.24, 2.45) is 5.73 Å². The van der Waals surface area contributed by atoms with Crippen molar-refractivity contribution >= 4 is 17.6 Å². The van der Waals surface area contributed by atoms with Crippen LogP contribution in [0.4, 0.5) is 18.9 Å². The van der Waals surface area contributed by atoms with Crippen LogP contribution in [0.1, 0.15) is 17.0 Å². The van der Waals surface area contributed by atoms with Crippen molar-refractivity contribution in [3.63, 3.8) is 0 Å². The third kappa shape index (κ3) is 5.57. The van der Waals surface area contributed by atoms with E-state index in [0.29, 0.717) is 17.4 Å². The number of hydrogen-bond donors (Lipinski definition) is 1. The molecule has 0 radical (unpaired) electrons. The Kier molecular flexibility index (Phi) is 8.42. The molecule has 0 saturated heterocycles. The highest BCUT2D eigenvalue weighted by Crippen LogP contribution is 2.47. The molecule has 216 valence electrons. The standard InChI is InChI=1S/C30H24F3N3O6/c1-39-19-10-12-20(13-11-19)42-23-14-9-18(30(31,32)33)15-22(23)36-26(29(38)41-3)25(28(37)40-2)24(21(16-34)27(36)35)17-7-5-4-6-8-17/h4-15,24H,35H2,1-3H3. The summed E-state index contributed by atoms with van der Waals surface area (Å²) in [4.78, 5) is 27.5. The lowest BCUT2D eigenvalue weighted by Crippen LogP contribution is -2.41. The summed E-state index contributed by atoms with van der Waals surface area (Å²) in [6, 6.07) is 18.8. The van der Waals surface area contributed by atoms with Crippen LogP contribution >= 0.6 is 0 Å². The van der Waals surface area contributed by atoms with Crippen molar-refractivity contribution in [2.75, 3.05) is 26.2 Å². The average Bonchev–Trinajstić information content (AvgIpc) is 3.00. The van der Waals surface area contributed by atoms with Gasteiger partial charge in [0.15, 0.2) is 5.75 Å². The smallest absolute Gasteiger partial charge is 0.416 e. The van der Waals surface area contributed by atoms with Crippen LogP contribution in [0, 0.1) is 11.3 Å². The zero-order valence-electron chi connectivity index (χ0n) is 22.6. The second-order valence-electron chi connectivity index (χ2n) is 8.79. The molecule has 1 atom stereocenters. The van der Waals surface area contributed by atoms with Gasteiger partial charge in [0.1, 0.15) is 23.0 Å². The maximum Gasteiger partial charge on any atom is 0.416 e. The largest absolute Gasteiger partial charge is 0.497 e. The van der Waals surface area contributed by atoms with Gasteiger partial charge in [-0.1, -0.05) is 30.3 Å². The number of allylic oxidation sites excluding steroid dienone is 1. The summed E-state index contributed by atoms with van der Waals surface area (Å²) in [6.07, 6.45) is -4.81. The number of ether oxygens (including phenoxy) is 4. The topological polar surface area (TPSA) is 124 Å². The van der Waals surface area contributed by atoms with E-state index in [9.17, 15) is 28.0 Å². The highest BCUT2D eigenvalue weighted by Gasteiger charge is 2.44.